The van der Waals surface area contributed by atoms with Gasteiger partial charge in [0.1, 0.15) is 11.5 Å². The smallest absolute Gasteiger partial charge is 0.130 e. The lowest BCUT2D eigenvalue weighted by atomic mass is 10.4. The first-order valence-electron chi connectivity index (χ1n) is 2.45. The average Bonchev–Trinajstić information content (AvgIpc) is 2.13. The van der Waals surface area contributed by atoms with Crippen molar-refractivity contribution in [2.45, 2.75) is 0 Å². The largest absolute Gasteiger partial charge is 0.397 e. The number of aromatic amines is 1. The molecule has 0 atom stereocenters. The number of nitrogen functional groups attached to an aromatic ring is 1. The van der Waals surface area contributed by atoms with Crippen LogP contribution in [-0.2, 0) is 0 Å². The first kappa shape index (κ1) is 5.68. The summed E-state index contributed by atoms with van der Waals surface area (Å²) in [5, 5.41) is 0. The molecule has 0 aliphatic rings. The van der Waals surface area contributed by atoms with Crippen molar-refractivity contribution in [2.75, 3.05) is 5.73 Å². The van der Waals surface area contributed by atoms with Crippen LogP contribution in [0.5, 0.6) is 0 Å². The maximum atomic E-state index is 5.38. The Balaban J connectivity index is 3.08. The summed E-state index contributed by atoms with van der Waals surface area (Å²) in [4.78, 5) is 6.49. The standard InChI is InChI=1S/C5H8N4/c1-3(6)4-5(7)9-2-8-4/h2H,1,6-7H2,(H,8,9). The van der Waals surface area contributed by atoms with E-state index in [0.717, 1.165) is 0 Å². The number of aromatic nitrogens is 2. The monoisotopic (exact) mass is 124 g/mol. The molecule has 0 aliphatic heterocycles. The highest BCUT2D eigenvalue weighted by Crippen LogP contribution is 2.08. The lowest BCUT2D eigenvalue weighted by molar-refractivity contribution is 1.29. The normalized spacial score (nSPS) is 9.33. The number of imidazole rings is 1. The quantitative estimate of drug-likeness (QED) is 0.490. The van der Waals surface area contributed by atoms with Crippen molar-refractivity contribution >= 4 is 11.5 Å². The van der Waals surface area contributed by atoms with Gasteiger partial charge in [-0.05, 0) is 0 Å². The molecule has 0 amide bonds. The molecule has 0 fully saturated rings. The van der Waals surface area contributed by atoms with Gasteiger partial charge < -0.3 is 16.5 Å². The van der Waals surface area contributed by atoms with E-state index in [1.54, 1.807) is 0 Å². The zero-order chi connectivity index (χ0) is 6.85. The molecule has 9 heavy (non-hydrogen) atoms. The number of nitrogens with zero attached hydrogens (tertiary/aromatic N) is 1. The minimum absolute atomic E-state index is 0.383. The fraction of sp³-hybridized carbons (Fsp3) is 0. The van der Waals surface area contributed by atoms with E-state index in [1.807, 2.05) is 0 Å². The lowest BCUT2D eigenvalue weighted by Crippen LogP contribution is -1.98. The van der Waals surface area contributed by atoms with Crippen LogP contribution in [0.3, 0.4) is 0 Å². The molecule has 0 spiro atoms. The Labute approximate surface area is 52.6 Å². The zero-order valence-corrected chi connectivity index (χ0v) is 4.89. The maximum absolute atomic E-state index is 5.38. The predicted molar refractivity (Wildman–Crippen MR) is 36.2 cm³/mol. The minimum atomic E-state index is 0.383. The van der Waals surface area contributed by atoms with Gasteiger partial charge in [0.05, 0.1) is 12.0 Å². The van der Waals surface area contributed by atoms with Crippen molar-refractivity contribution in [2.24, 2.45) is 5.73 Å². The van der Waals surface area contributed by atoms with E-state index >= 15 is 0 Å². The van der Waals surface area contributed by atoms with Gasteiger partial charge in [-0.2, -0.15) is 0 Å². The van der Waals surface area contributed by atoms with Gasteiger partial charge in [-0.3, -0.25) is 0 Å². The van der Waals surface area contributed by atoms with Crippen molar-refractivity contribution in [1.29, 1.82) is 0 Å². The Morgan fingerprint density at radius 3 is 2.67 bits per heavy atom. The number of rotatable bonds is 1. The Bertz CT molecular complexity index is 225. The van der Waals surface area contributed by atoms with Crippen LogP contribution in [0.15, 0.2) is 12.9 Å². The van der Waals surface area contributed by atoms with Crippen LogP contribution >= 0.6 is 0 Å². The van der Waals surface area contributed by atoms with E-state index in [1.165, 1.54) is 6.33 Å². The first-order chi connectivity index (χ1) is 4.22. The highest BCUT2D eigenvalue weighted by molar-refractivity contribution is 5.65. The van der Waals surface area contributed by atoms with Crippen LogP contribution in [0.25, 0.3) is 5.70 Å². The fourth-order valence-corrected chi connectivity index (χ4v) is 0.560. The van der Waals surface area contributed by atoms with Gasteiger partial charge in [-0.15, -0.1) is 0 Å². The highest BCUT2D eigenvalue weighted by atomic mass is 15.0. The van der Waals surface area contributed by atoms with Gasteiger partial charge in [0.25, 0.3) is 0 Å². The van der Waals surface area contributed by atoms with Gasteiger partial charge in [0.15, 0.2) is 0 Å². The van der Waals surface area contributed by atoms with E-state index in [-0.39, 0.29) is 0 Å². The second-order valence-corrected chi connectivity index (χ2v) is 1.69. The summed E-state index contributed by atoms with van der Waals surface area (Å²) in [5.74, 6) is 0.461. The summed E-state index contributed by atoms with van der Waals surface area (Å²) < 4.78 is 0. The predicted octanol–water partition coefficient (Wildman–Crippen LogP) is -0.0787. The second-order valence-electron chi connectivity index (χ2n) is 1.69. The molecule has 0 bridgehead atoms. The minimum Gasteiger partial charge on any atom is -0.397 e. The molecular weight excluding hydrogens is 116 g/mol. The third-order valence-electron chi connectivity index (χ3n) is 0.973. The van der Waals surface area contributed by atoms with Gasteiger partial charge in [-0.25, -0.2) is 4.98 Å². The van der Waals surface area contributed by atoms with Crippen molar-refractivity contribution in [3.63, 3.8) is 0 Å². The Hall–Kier alpha value is -1.45. The van der Waals surface area contributed by atoms with E-state index in [2.05, 4.69) is 16.5 Å². The van der Waals surface area contributed by atoms with Crippen molar-refractivity contribution in [1.82, 2.24) is 9.97 Å². The Morgan fingerprint density at radius 1 is 1.78 bits per heavy atom. The summed E-state index contributed by atoms with van der Waals surface area (Å²) in [6.45, 7) is 3.47. The highest BCUT2D eigenvalue weighted by Gasteiger charge is 2.00. The Kier molecular flexibility index (Phi) is 1.14. The number of nitrogens with one attached hydrogen (secondary N) is 1. The van der Waals surface area contributed by atoms with Gasteiger partial charge in [0.2, 0.25) is 0 Å². The van der Waals surface area contributed by atoms with Gasteiger partial charge in [0, 0.05) is 0 Å². The summed E-state index contributed by atoms with van der Waals surface area (Å²) in [5.41, 5.74) is 11.6. The zero-order valence-electron chi connectivity index (χ0n) is 4.89. The third kappa shape index (κ3) is 0.861. The Morgan fingerprint density at radius 2 is 2.44 bits per heavy atom. The molecule has 0 aromatic carbocycles. The molecule has 1 rings (SSSR count). The van der Waals surface area contributed by atoms with Crippen molar-refractivity contribution in [3.05, 3.63) is 18.6 Å². The van der Waals surface area contributed by atoms with Crippen molar-refractivity contribution < 1.29 is 0 Å². The summed E-state index contributed by atoms with van der Waals surface area (Å²) in [6.07, 6.45) is 1.47. The molecule has 4 heteroatoms. The van der Waals surface area contributed by atoms with Crippen LogP contribution in [0.4, 0.5) is 5.82 Å². The van der Waals surface area contributed by atoms with Crippen LogP contribution in [0.2, 0.25) is 0 Å². The van der Waals surface area contributed by atoms with Gasteiger partial charge >= 0.3 is 0 Å². The summed E-state index contributed by atoms with van der Waals surface area (Å²) in [7, 11) is 0. The number of nitrogens with two attached hydrogens (primary N) is 2. The topological polar surface area (TPSA) is 80.7 Å². The van der Waals surface area contributed by atoms with Crippen LogP contribution < -0.4 is 11.5 Å². The average molecular weight is 124 g/mol. The number of anilines is 1. The molecular formula is C5H8N4. The number of hydrogen-bond acceptors (Lipinski definition) is 3. The van der Waals surface area contributed by atoms with E-state index in [9.17, 15) is 0 Å². The molecule has 48 valence electrons. The molecule has 5 N–H and O–H groups in total. The van der Waals surface area contributed by atoms with Crippen LogP contribution in [0, 0.1) is 0 Å². The fourth-order valence-electron chi connectivity index (χ4n) is 0.560. The second kappa shape index (κ2) is 1.81. The molecule has 0 unspecified atom stereocenters. The lowest BCUT2D eigenvalue weighted by Gasteiger charge is -1.92. The SMILES string of the molecule is C=C(N)c1nc[nH]c1N. The summed E-state index contributed by atoms with van der Waals surface area (Å²) in [6, 6.07) is 0. The molecule has 0 saturated heterocycles. The van der Waals surface area contributed by atoms with Crippen LogP contribution in [0.1, 0.15) is 5.69 Å². The van der Waals surface area contributed by atoms with Crippen molar-refractivity contribution in [3.8, 4) is 0 Å². The molecule has 1 aromatic rings. The van der Waals surface area contributed by atoms with Crippen LogP contribution in [-0.4, -0.2) is 9.97 Å². The maximum Gasteiger partial charge on any atom is 0.130 e. The van der Waals surface area contributed by atoms with E-state index < -0.39 is 0 Å². The first-order valence-corrected chi connectivity index (χ1v) is 2.45. The molecule has 1 aromatic heterocycles. The molecule has 0 aliphatic carbocycles. The molecule has 0 saturated carbocycles. The number of hydrogen-bond donors (Lipinski definition) is 3. The molecule has 0 radical (unpaired) electrons. The van der Waals surface area contributed by atoms with Gasteiger partial charge in [-0.1, -0.05) is 6.58 Å². The number of H-pyrrole nitrogens is 1. The molecule has 1 heterocycles. The summed E-state index contributed by atoms with van der Waals surface area (Å²) >= 11 is 0. The molecule has 4 nitrogen and oxygen atoms in total. The third-order valence-corrected chi connectivity index (χ3v) is 0.973. The van der Waals surface area contributed by atoms with E-state index in [4.69, 9.17) is 11.5 Å². The van der Waals surface area contributed by atoms with E-state index in [0.29, 0.717) is 17.2 Å².